The van der Waals surface area contributed by atoms with Crippen molar-refractivity contribution in [3.63, 3.8) is 0 Å². The van der Waals surface area contributed by atoms with Crippen molar-refractivity contribution in [2.45, 2.75) is 40.2 Å². The van der Waals surface area contributed by atoms with Gasteiger partial charge in [-0.15, -0.1) is 0 Å². The predicted octanol–water partition coefficient (Wildman–Crippen LogP) is 3.41. The summed E-state index contributed by atoms with van der Waals surface area (Å²) in [5, 5.41) is 7.25. The maximum Gasteiger partial charge on any atom is 0.248 e. The van der Waals surface area contributed by atoms with Crippen LogP contribution in [0.25, 0.3) is 6.08 Å². The molecular formula is C20H25N3O3. The fraction of sp³-hybridized carbons (Fsp3) is 0.400. The second kappa shape index (κ2) is 7.23. The van der Waals surface area contributed by atoms with Crippen molar-refractivity contribution in [1.29, 1.82) is 0 Å². The molecule has 138 valence electrons. The highest BCUT2D eigenvalue weighted by atomic mass is 16.5. The standard InChI is InChI=1S/C20H25N3O3/c1-6-25-19-10-15-9-12(2)26-18(15)11-17(19)21-20(24)8-7-16-13(3)22-23(5)14(16)4/h7-8,10-12H,6,9H2,1-5H3,(H,21,24)/b8-7+. The van der Waals surface area contributed by atoms with Gasteiger partial charge in [0.15, 0.2) is 0 Å². The van der Waals surface area contributed by atoms with Gasteiger partial charge in [-0.1, -0.05) is 0 Å². The summed E-state index contributed by atoms with van der Waals surface area (Å²) in [4.78, 5) is 12.4. The largest absolute Gasteiger partial charge is 0.492 e. The molecule has 0 saturated heterocycles. The van der Waals surface area contributed by atoms with Crippen LogP contribution in [0.3, 0.4) is 0 Å². The van der Waals surface area contributed by atoms with Crippen LogP contribution >= 0.6 is 0 Å². The van der Waals surface area contributed by atoms with Gasteiger partial charge in [0.1, 0.15) is 17.6 Å². The van der Waals surface area contributed by atoms with Crippen LogP contribution in [0.4, 0.5) is 5.69 Å². The Hall–Kier alpha value is -2.76. The van der Waals surface area contributed by atoms with Gasteiger partial charge >= 0.3 is 0 Å². The van der Waals surface area contributed by atoms with Crippen LogP contribution in [-0.2, 0) is 18.3 Å². The molecule has 3 rings (SSSR count). The van der Waals surface area contributed by atoms with Crippen molar-refractivity contribution in [1.82, 2.24) is 9.78 Å². The van der Waals surface area contributed by atoms with Crippen LogP contribution in [0.15, 0.2) is 18.2 Å². The van der Waals surface area contributed by atoms with Gasteiger partial charge in [0.2, 0.25) is 5.91 Å². The number of amides is 1. The van der Waals surface area contributed by atoms with Crippen LogP contribution in [0.1, 0.15) is 36.4 Å². The van der Waals surface area contributed by atoms with E-state index in [2.05, 4.69) is 10.4 Å². The van der Waals surface area contributed by atoms with Crippen molar-refractivity contribution in [3.8, 4) is 11.5 Å². The summed E-state index contributed by atoms with van der Waals surface area (Å²) in [5.41, 5.74) is 4.59. The smallest absolute Gasteiger partial charge is 0.248 e. The van der Waals surface area contributed by atoms with Crippen molar-refractivity contribution >= 4 is 17.7 Å². The molecule has 1 N–H and O–H groups in total. The van der Waals surface area contributed by atoms with E-state index in [4.69, 9.17) is 9.47 Å². The molecule has 1 aromatic heterocycles. The van der Waals surface area contributed by atoms with E-state index < -0.39 is 0 Å². The monoisotopic (exact) mass is 355 g/mol. The average molecular weight is 355 g/mol. The number of rotatable bonds is 5. The Kier molecular flexibility index (Phi) is 5.02. The van der Waals surface area contributed by atoms with Gasteiger partial charge in [-0.05, 0) is 39.8 Å². The van der Waals surface area contributed by atoms with E-state index in [9.17, 15) is 4.79 Å². The molecule has 1 aromatic carbocycles. The van der Waals surface area contributed by atoms with Gasteiger partial charge in [-0.3, -0.25) is 9.48 Å². The molecule has 2 heterocycles. The lowest BCUT2D eigenvalue weighted by atomic mass is 10.1. The Morgan fingerprint density at radius 3 is 2.88 bits per heavy atom. The lowest BCUT2D eigenvalue weighted by Gasteiger charge is -2.12. The van der Waals surface area contributed by atoms with E-state index in [0.29, 0.717) is 18.0 Å². The van der Waals surface area contributed by atoms with Crippen LogP contribution in [0.2, 0.25) is 0 Å². The lowest BCUT2D eigenvalue weighted by molar-refractivity contribution is -0.111. The molecule has 6 heteroatoms. The number of carbonyl (C=O) groups excluding carboxylic acids is 1. The second-order valence-electron chi connectivity index (χ2n) is 6.55. The summed E-state index contributed by atoms with van der Waals surface area (Å²) < 4.78 is 13.3. The van der Waals surface area contributed by atoms with E-state index in [1.54, 1.807) is 10.8 Å². The molecule has 1 aliphatic rings. The Labute approximate surface area is 153 Å². The fourth-order valence-corrected chi connectivity index (χ4v) is 3.18. The van der Waals surface area contributed by atoms with Gasteiger partial charge in [0.25, 0.3) is 0 Å². The Morgan fingerprint density at radius 2 is 2.23 bits per heavy atom. The lowest BCUT2D eigenvalue weighted by Crippen LogP contribution is -2.10. The minimum atomic E-state index is -0.223. The molecule has 0 spiro atoms. The summed E-state index contributed by atoms with van der Waals surface area (Å²) in [6, 6.07) is 3.80. The molecule has 0 radical (unpaired) electrons. The Bertz CT molecular complexity index is 868. The molecule has 1 amide bonds. The van der Waals surface area contributed by atoms with Gasteiger partial charge in [-0.2, -0.15) is 5.10 Å². The molecule has 0 saturated carbocycles. The minimum absolute atomic E-state index is 0.141. The molecule has 0 fully saturated rings. The second-order valence-corrected chi connectivity index (χ2v) is 6.55. The number of aryl methyl sites for hydroxylation is 2. The van der Waals surface area contributed by atoms with Crippen LogP contribution in [0.5, 0.6) is 11.5 Å². The first kappa shape index (κ1) is 18.0. The van der Waals surface area contributed by atoms with Crippen molar-refractivity contribution in [2.24, 2.45) is 7.05 Å². The number of nitrogens with zero attached hydrogens (tertiary/aromatic N) is 2. The number of anilines is 1. The number of hydrogen-bond donors (Lipinski definition) is 1. The van der Waals surface area contributed by atoms with E-state index in [0.717, 1.165) is 34.7 Å². The number of carbonyl (C=O) groups is 1. The number of benzene rings is 1. The zero-order valence-corrected chi connectivity index (χ0v) is 15.9. The number of hydrogen-bond acceptors (Lipinski definition) is 4. The molecule has 1 atom stereocenters. The Morgan fingerprint density at radius 1 is 1.46 bits per heavy atom. The summed E-state index contributed by atoms with van der Waals surface area (Å²) in [5.74, 6) is 1.25. The first-order valence-corrected chi connectivity index (χ1v) is 8.84. The number of ether oxygens (including phenoxy) is 2. The van der Waals surface area contributed by atoms with E-state index in [1.807, 2.05) is 46.9 Å². The van der Waals surface area contributed by atoms with Gasteiger partial charge in [0.05, 0.1) is 18.0 Å². The summed E-state index contributed by atoms with van der Waals surface area (Å²) in [6.45, 7) is 8.38. The quantitative estimate of drug-likeness (QED) is 0.835. The maximum atomic E-state index is 12.4. The topological polar surface area (TPSA) is 65.4 Å². The van der Waals surface area contributed by atoms with Crippen LogP contribution in [-0.4, -0.2) is 28.4 Å². The molecular weight excluding hydrogens is 330 g/mol. The van der Waals surface area contributed by atoms with Crippen molar-refractivity contribution in [3.05, 3.63) is 40.7 Å². The zero-order valence-electron chi connectivity index (χ0n) is 15.9. The zero-order chi connectivity index (χ0) is 18.8. The number of nitrogens with one attached hydrogen (secondary N) is 1. The normalized spacial score (nSPS) is 15.8. The molecule has 0 bridgehead atoms. The molecule has 1 aliphatic heterocycles. The third kappa shape index (κ3) is 3.59. The minimum Gasteiger partial charge on any atom is -0.492 e. The summed E-state index contributed by atoms with van der Waals surface area (Å²) in [6.07, 6.45) is 4.30. The van der Waals surface area contributed by atoms with E-state index >= 15 is 0 Å². The number of fused-ring (bicyclic) bond motifs is 1. The highest BCUT2D eigenvalue weighted by molar-refractivity contribution is 6.03. The SMILES string of the molecule is CCOc1cc2c(cc1NC(=O)/C=C/c1c(C)nn(C)c1C)OC(C)C2. The van der Waals surface area contributed by atoms with Gasteiger partial charge in [0, 0.05) is 42.4 Å². The third-order valence-electron chi connectivity index (χ3n) is 4.52. The van der Waals surface area contributed by atoms with E-state index in [1.165, 1.54) is 6.08 Å². The van der Waals surface area contributed by atoms with Crippen LogP contribution < -0.4 is 14.8 Å². The maximum absolute atomic E-state index is 12.4. The van der Waals surface area contributed by atoms with Crippen LogP contribution in [0, 0.1) is 13.8 Å². The molecule has 1 unspecified atom stereocenters. The first-order chi connectivity index (χ1) is 12.4. The Balaban J connectivity index is 1.80. The van der Waals surface area contributed by atoms with Gasteiger partial charge in [-0.25, -0.2) is 0 Å². The predicted molar refractivity (Wildman–Crippen MR) is 102 cm³/mol. The number of aromatic nitrogens is 2. The average Bonchev–Trinajstić information content (AvgIpc) is 3.04. The summed E-state index contributed by atoms with van der Waals surface area (Å²) >= 11 is 0. The first-order valence-electron chi connectivity index (χ1n) is 8.84. The summed E-state index contributed by atoms with van der Waals surface area (Å²) in [7, 11) is 1.89. The van der Waals surface area contributed by atoms with Gasteiger partial charge < -0.3 is 14.8 Å². The van der Waals surface area contributed by atoms with Crippen molar-refractivity contribution in [2.75, 3.05) is 11.9 Å². The third-order valence-corrected chi connectivity index (χ3v) is 4.52. The molecule has 0 aliphatic carbocycles. The highest BCUT2D eigenvalue weighted by Crippen LogP contribution is 2.38. The van der Waals surface area contributed by atoms with Crippen molar-refractivity contribution < 1.29 is 14.3 Å². The highest BCUT2D eigenvalue weighted by Gasteiger charge is 2.22. The van der Waals surface area contributed by atoms with E-state index in [-0.39, 0.29) is 12.0 Å². The molecule has 26 heavy (non-hydrogen) atoms. The molecule has 6 nitrogen and oxygen atoms in total. The molecule has 2 aromatic rings. The fourth-order valence-electron chi connectivity index (χ4n) is 3.18.